The van der Waals surface area contributed by atoms with E-state index in [1.54, 1.807) is 18.2 Å². The molecule has 0 bridgehead atoms. The van der Waals surface area contributed by atoms with Gasteiger partial charge in [-0.3, -0.25) is 9.78 Å². The van der Waals surface area contributed by atoms with Crippen molar-refractivity contribution in [2.75, 3.05) is 5.73 Å². The molecule has 5 heteroatoms. The maximum absolute atomic E-state index is 12.0. The van der Waals surface area contributed by atoms with Crippen LogP contribution in [0.3, 0.4) is 0 Å². The number of nitrogens with one attached hydrogen (secondary N) is 1. The predicted molar refractivity (Wildman–Crippen MR) is 78.7 cm³/mol. The minimum atomic E-state index is -0.206. The Bertz CT molecular complexity index is 613. The molecule has 0 saturated carbocycles. The fourth-order valence-electron chi connectivity index (χ4n) is 1.69. The van der Waals surface area contributed by atoms with Crippen LogP contribution in [0.15, 0.2) is 40.9 Å². The molecule has 0 aliphatic carbocycles. The third-order valence-corrected chi connectivity index (χ3v) is 3.13. The van der Waals surface area contributed by atoms with Gasteiger partial charge in [0.1, 0.15) is 0 Å². The molecular weight excluding hydrogens is 306 g/mol. The fraction of sp³-hybridized carbons (Fsp3) is 0.143. The number of hydrogen-bond acceptors (Lipinski definition) is 3. The van der Waals surface area contributed by atoms with E-state index in [1.165, 1.54) is 0 Å². The van der Waals surface area contributed by atoms with Crippen LogP contribution in [0.25, 0.3) is 0 Å². The van der Waals surface area contributed by atoms with Gasteiger partial charge in [0.2, 0.25) is 0 Å². The maximum Gasteiger partial charge on any atom is 0.253 e. The van der Waals surface area contributed by atoms with Crippen molar-refractivity contribution in [3.63, 3.8) is 0 Å². The summed E-state index contributed by atoms with van der Waals surface area (Å²) < 4.78 is 0.820. The van der Waals surface area contributed by atoms with Crippen LogP contribution in [0.4, 0.5) is 5.69 Å². The smallest absolute Gasteiger partial charge is 0.253 e. The van der Waals surface area contributed by atoms with Crippen LogP contribution < -0.4 is 11.1 Å². The molecule has 1 amide bonds. The van der Waals surface area contributed by atoms with Gasteiger partial charge < -0.3 is 11.1 Å². The van der Waals surface area contributed by atoms with Gasteiger partial charge in [-0.05, 0) is 37.3 Å². The van der Waals surface area contributed by atoms with Crippen molar-refractivity contribution in [3.8, 4) is 0 Å². The van der Waals surface area contributed by atoms with Gasteiger partial charge in [0.05, 0.1) is 17.8 Å². The van der Waals surface area contributed by atoms with E-state index in [4.69, 9.17) is 5.73 Å². The van der Waals surface area contributed by atoms with Crippen LogP contribution in [0.1, 0.15) is 21.7 Å². The van der Waals surface area contributed by atoms with Crippen molar-refractivity contribution < 1.29 is 4.79 Å². The number of amides is 1. The van der Waals surface area contributed by atoms with Gasteiger partial charge in [-0.2, -0.15) is 0 Å². The standard InChI is InChI=1S/C14H14BrN3O/c1-9-3-2-4-11(18-9)8-17-14(19)12-7-10(15)5-6-13(12)16/h2-7H,8,16H2,1H3,(H,17,19). The lowest BCUT2D eigenvalue weighted by Crippen LogP contribution is -2.24. The minimum Gasteiger partial charge on any atom is -0.398 e. The molecule has 2 aromatic rings. The number of benzene rings is 1. The molecule has 0 radical (unpaired) electrons. The largest absolute Gasteiger partial charge is 0.398 e. The van der Waals surface area contributed by atoms with E-state index in [1.807, 2.05) is 25.1 Å². The van der Waals surface area contributed by atoms with Gasteiger partial charge in [-0.15, -0.1) is 0 Å². The number of carbonyl (C=O) groups excluding carboxylic acids is 1. The molecule has 0 aliphatic heterocycles. The molecule has 0 atom stereocenters. The van der Waals surface area contributed by atoms with Gasteiger partial charge in [-0.25, -0.2) is 0 Å². The topological polar surface area (TPSA) is 68.0 Å². The Morgan fingerprint density at radius 2 is 2.16 bits per heavy atom. The highest BCUT2D eigenvalue weighted by atomic mass is 79.9. The number of nitrogens with zero attached hydrogens (tertiary/aromatic N) is 1. The molecule has 2 rings (SSSR count). The summed E-state index contributed by atoms with van der Waals surface area (Å²) in [6, 6.07) is 10.9. The third kappa shape index (κ3) is 3.54. The van der Waals surface area contributed by atoms with Gasteiger partial charge in [-0.1, -0.05) is 22.0 Å². The Morgan fingerprint density at radius 3 is 2.89 bits per heavy atom. The maximum atomic E-state index is 12.0. The van der Waals surface area contributed by atoms with Gasteiger partial charge in [0.25, 0.3) is 5.91 Å². The number of anilines is 1. The van der Waals surface area contributed by atoms with E-state index < -0.39 is 0 Å². The minimum absolute atomic E-state index is 0.206. The highest BCUT2D eigenvalue weighted by Crippen LogP contribution is 2.18. The molecule has 1 aromatic heterocycles. The van der Waals surface area contributed by atoms with Crippen molar-refractivity contribution >= 4 is 27.5 Å². The SMILES string of the molecule is Cc1cccc(CNC(=O)c2cc(Br)ccc2N)n1. The average molecular weight is 320 g/mol. The van der Waals surface area contributed by atoms with Gasteiger partial charge in [0, 0.05) is 15.9 Å². The molecule has 0 aliphatic rings. The Hall–Kier alpha value is -1.88. The first-order chi connectivity index (χ1) is 9.06. The lowest BCUT2D eigenvalue weighted by molar-refractivity contribution is 0.0951. The Kier molecular flexibility index (Phi) is 4.16. The number of aromatic nitrogens is 1. The first-order valence-corrected chi connectivity index (χ1v) is 6.61. The number of rotatable bonds is 3. The second kappa shape index (κ2) is 5.84. The zero-order valence-electron chi connectivity index (χ0n) is 10.5. The second-order valence-corrected chi connectivity index (χ2v) is 5.10. The first-order valence-electron chi connectivity index (χ1n) is 5.82. The average Bonchev–Trinajstić information content (AvgIpc) is 2.39. The molecule has 1 aromatic carbocycles. The van der Waals surface area contributed by atoms with Crippen LogP contribution in [0.5, 0.6) is 0 Å². The number of pyridine rings is 1. The number of carbonyl (C=O) groups is 1. The van der Waals surface area contributed by atoms with E-state index in [0.29, 0.717) is 17.8 Å². The summed E-state index contributed by atoms with van der Waals surface area (Å²) in [4.78, 5) is 16.4. The van der Waals surface area contributed by atoms with Crippen LogP contribution in [-0.4, -0.2) is 10.9 Å². The molecule has 0 spiro atoms. The van der Waals surface area contributed by atoms with Crippen molar-refractivity contribution in [1.82, 2.24) is 10.3 Å². The van der Waals surface area contributed by atoms with Crippen molar-refractivity contribution in [3.05, 3.63) is 57.8 Å². The summed E-state index contributed by atoms with van der Waals surface area (Å²) >= 11 is 3.32. The summed E-state index contributed by atoms with van der Waals surface area (Å²) in [5, 5.41) is 2.81. The second-order valence-electron chi connectivity index (χ2n) is 4.18. The number of halogens is 1. The zero-order chi connectivity index (χ0) is 13.8. The molecular formula is C14H14BrN3O. The van der Waals surface area contributed by atoms with Crippen molar-refractivity contribution in [2.24, 2.45) is 0 Å². The van der Waals surface area contributed by atoms with E-state index in [-0.39, 0.29) is 5.91 Å². The van der Waals surface area contributed by atoms with Crippen LogP contribution in [-0.2, 0) is 6.54 Å². The molecule has 98 valence electrons. The zero-order valence-corrected chi connectivity index (χ0v) is 12.1. The predicted octanol–water partition coefficient (Wildman–Crippen LogP) is 2.66. The Labute approximate surface area is 120 Å². The number of nitrogen functional groups attached to an aromatic ring is 1. The van der Waals surface area contributed by atoms with Crippen LogP contribution in [0, 0.1) is 6.92 Å². The monoisotopic (exact) mass is 319 g/mol. The Morgan fingerprint density at radius 1 is 1.37 bits per heavy atom. The molecule has 0 unspecified atom stereocenters. The highest BCUT2D eigenvalue weighted by molar-refractivity contribution is 9.10. The van der Waals surface area contributed by atoms with E-state index in [0.717, 1.165) is 15.9 Å². The van der Waals surface area contributed by atoms with Gasteiger partial charge in [0.15, 0.2) is 0 Å². The molecule has 0 saturated heterocycles. The lowest BCUT2D eigenvalue weighted by atomic mass is 10.1. The van der Waals surface area contributed by atoms with Crippen LogP contribution >= 0.6 is 15.9 Å². The Balaban J connectivity index is 2.07. The third-order valence-electron chi connectivity index (χ3n) is 2.64. The fourth-order valence-corrected chi connectivity index (χ4v) is 2.05. The summed E-state index contributed by atoms with van der Waals surface area (Å²) in [5.41, 5.74) is 8.45. The summed E-state index contributed by atoms with van der Waals surface area (Å²) in [5.74, 6) is -0.206. The summed E-state index contributed by atoms with van der Waals surface area (Å²) in [6.07, 6.45) is 0. The molecule has 0 fully saturated rings. The van der Waals surface area contributed by atoms with Crippen LogP contribution in [0.2, 0.25) is 0 Å². The molecule has 19 heavy (non-hydrogen) atoms. The van der Waals surface area contributed by atoms with E-state index in [2.05, 4.69) is 26.2 Å². The van der Waals surface area contributed by atoms with Crippen molar-refractivity contribution in [1.29, 1.82) is 0 Å². The number of aryl methyl sites for hydroxylation is 1. The summed E-state index contributed by atoms with van der Waals surface area (Å²) in [6.45, 7) is 2.30. The van der Waals surface area contributed by atoms with E-state index >= 15 is 0 Å². The highest BCUT2D eigenvalue weighted by Gasteiger charge is 2.10. The normalized spacial score (nSPS) is 10.2. The van der Waals surface area contributed by atoms with Gasteiger partial charge >= 0.3 is 0 Å². The lowest BCUT2D eigenvalue weighted by Gasteiger charge is -2.08. The number of hydrogen-bond donors (Lipinski definition) is 2. The molecule has 1 heterocycles. The molecule has 4 nitrogen and oxygen atoms in total. The quantitative estimate of drug-likeness (QED) is 0.855. The summed E-state index contributed by atoms with van der Waals surface area (Å²) in [7, 11) is 0. The molecule has 3 N–H and O–H groups in total. The van der Waals surface area contributed by atoms with E-state index in [9.17, 15) is 4.79 Å². The number of nitrogens with two attached hydrogens (primary N) is 1. The first kappa shape index (κ1) is 13.5. The van der Waals surface area contributed by atoms with Crippen molar-refractivity contribution in [2.45, 2.75) is 13.5 Å².